The van der Waals surface area contributed by atoms with Gasteiger partial charge in [-0.3, -0.25) is 4.79 Å². The Morgan fingerprint density at radius 2 is 1.94 bits per heavy atom. The third kappa shape index (κ3) is 4.55. The Balaban J connectivity index is 1.71. The Labute approximate surface area is 182 Å². The van der Waals surface area contributed by atoms with Gasteiger partial charge in [-0.25, -0.2) is 21.9 Å². The fourth-order valence-electron chi connectivity index (χ4n) is 2.77. The SMILES string of the molecule is Cc1c(C(=O)OCC(=O)Nc2ccc(Cl)c(S(=O)(=O)N(C)C)c2)oc2c(F)cccc12. The summed E-state index contributed by atoms with van der Waals surface area (Å²) in [4.78, 5) is 24.3. The molecular weight excluding hydrogens is 451 g/mol. The molecule has 0 fully saturated rings. The number of halogens is 2. The van der Waals surface area contributed by atoms with Crippen molar-refractivity contribution in [2.45, 2.75) is 11.8 Å². The lowest BCUT2D eigenvalue weighted by Gasteiger charge is -2.14. The van der Waals surface area contributed by atoms with E-state index in [4.69, 9.17) is 20.8 Å². The van der Waals surface area contributed by atoms with Crippen LogP contribution in [0, 0.1) is 12.7 Å². The number of benzene rings is 2. The van der Waals surface area contributed by atoms with Crippen LogP contribution >= 0.6 is 11.6 Å². The van der Waals surface area contributed by atoms with E-state index in [2.05, 4.69) is 5.32 Å². The lowest BCUT2D eigenvalue weighted by molar-refractivity contribution is -0.119. The van der Waals surface area contributed by atoms with Crippen molar-refractivity contribution in [1.82, 2.24) is 4.31 Å². The summed E-state index contributed by atoms with van der Waals surface area (Å²) in [5.41, 5.74) is 0.455. The van der Waals surface area contributed by atoms with Crippen molar-refractivity contribution in [2.24, 2.45) is 0 Å². The van der Waals surface area contributed by atoms with Crippen molar-refractivity contribution in [2.75, 3.05) is 26.0 Å². The second-order valence-electron chi connectivity index (χ2n) is 6.73. The second-order valence-corrected chi connectivity index (χ2v) is 9.26. The molecule has 1 N–H and O–H groups in total. The number of hydrogen-bond donors (Lipinski definition) is 1. The molecule has 0 saturated heterocycles. The highest BCUT2D eigenvalue weighted by atomic mass is 35.5. The highest BCUT2D eigenvalue weighted by molar-refractivity contribution is 7.89. The molecule has 164 valence electrons. The van der Waals surface area contributed by atoms with Crippen molar-refractivity contribution in [3.8, 4) is 0 Å². The number of sulfonamides is 1. The van der Waals surface area contributed by atoms with Crippen molar-refractivity contribution < 1.29 is 31.6 Å². The van der Waals surface area contributed by atoms with Crippen molar-refractivity contribution >= 4 is 50.2 Å². The van der Waals surface area contributed by atoms with Crippen LogP contribution in [0.5, 0.6) is 0 Å². The van der Waals surface area contributed by atoms with Crippen molar-refractivity contribution in [3.63, 3.8) is 0 Å². The standard InChI is InChI=1S/C20H18ClFN2O6S/c1-11-13-5-4-6-15(22)19(13)30-18(11)20(26)29-10-17(25)23-12-7-8-14(21)16(9-12)31(27,28)24(2)3/h4-9H,10H2,1-3H3,(H,23,25). The molecule has 0 radical (unpaired) electrons. The van der Waals surface area contributed by atoms with Gasteiger partial charge in [0, 0.05) is 30.7 Å². The van der Waals surface area contributed by atoms with Gasteiger partial charge in [0.25, 0.3) is 5.91 Å². The van der Waals surface area contributed by atoms with E-state index in [0.717, 1.165) is 4.31 Å². The zero-order valence-electron chi connectivity index (χ0n) is 16.7. The molecule has 11 heteroatoms. The molecule has 0 saturated carbocycles. The number of aryl methyl sites for hydroxylation is 1. The zero-order chi connectivity index (χ0) is 22.9. The van der Waals surface area contributed by atoms with E-state index in [1.165, 1.54) is 44.4 Å². The molecule has 2 aromatic carbocycles. The molecule has 1 amide bonds. The van der Waals surface area contributed by atoms with Crippen LogP contribution in [0.4, 0.5) is 10.1 Å². The number of ether oxygens (including phenoxy) is 1. The number of rotatable bonds is 6. The van der Waals surface area contributed by atoms with Gasteiger partial charge in [-0.15, -0.1) is 0 Å². The van der Waals surface area contributed by atoms with Gasteiger partial charge in [0.2, 0.25) is 15.8 Å². The molecule has 3 aromatic rings. The van der Waals surface area contributed by atoms with Crippen LogP contribution in [0.3, 0.4) is 0 Å². The number of furan rings is 1. The highest BCUT2D eigenvalue weighted by Gasteiger charge is 2.23. The topological polar surface area (TPSA) is 106 Å². The molecule has 0 aliphatic heterocycles. The van der Waals surface area contributed by atoms with E-state index < -0.39 is 34.3 Å². The Morgan fingerprint density at radius 3 is 2.58 bits per heavy atom. The first-order chi connectivity index (χ1) is 14.5. The molecule has 0 bridgehead atoms. The summed E-state index contributed by atoms with van der Waals surface area (Å²) >= 11 is 5.97. The summed E-state index contributed by atoms with van der Waals surface area (Å²) < 4.78 is 49.7. The summed E-state index contributed by atoms with van der Waals surface area (Å²) in [5.74, 6) is -2.48. The second kappa shape index (κ2) is 8.66. The first-order valence-electron chi connectivity index (χ1n) is 8.89. The van der Waals surface area contributed by atoms with E-state index in [-0.39, 0.29) is 26.9 Å². The first kappa shape index (κ1) is 22.7. The molecule has 0 aliphatic rings. The monoisotopic (exact) mass is 468 g/mol. The third-order valence-electron chi connectivity index (χ3n) is 4.41. The lowest BCUT2D eigenvalue weighted by atomic mass is 10.1. The normalized spacial score (nSPS) is 11.7. The maximum Gasteiger partial charge on any atom is 0.375 e. The Hall–Kier alpha value is -2.95. The quantitative estimate of drug-likeness (QED) is 0.554. The van der Waals surface area contributed by atoms with E-state index in [9.17, 15) is 22.4 Å². The summed E-state index contributed by atoms with van der Waals surface area (Å²) in [6.45, 7) is 0.901. The number of hydrogen-bond acceptors (Lipinski definition) is 6. The van der Waals surface area contributed by atoms with Crippen LogP contribution in [-0.4, -0.2) is 45.3 Å². The smallest absolute Gasteiger partial charge is 0.375 e. The number of para-hydroxylation sites is 1. The fraction of sp³-hybridized carbons (Fsp3) is 0.200. The minimum atomic E-state index is -3.83. The molecule has 0 atom stereocenters. The van der Waals surface area contributed by atoms with Crippen molar-refractivity contribution in [1.29, 1.82) is 0 Å². The van der Waals surface area contributed by atoms with Gasteiger partial charge in [0.05, 0.1) is 5.02 Å². The highest BCUT2D eigenvalue weighted by Crippen LogP contribution is 2.28. The van der Waals surface area contributed by atoms with Crippen LogP contribution in [-0.2, 0) is 19.6 Å². The average Bonchev–Trinajstić information content (AvgIpc) is 3.05. The van der Waals surface area contributed by atoms with E-state index in [0.29, 0.717) is 10.9 Å². The summed E-state index contributed by atoms with van der Waals surface area (Å²) in [5, 5.41) is 2.84. The maximum atomic E-state index is 13.8. The molecule has 1 heterocycles. The Morgan fingerprint density at radius 1 is 1.23 bits per heavy atom. The minimum Gasteiger partial charge on any atom is -0.450 e. The number of esters is 1. The van der Waals surface area contributed by atoms with Crippen LogP contribution in [0.25, 0.3) is 11.0 Å². The number of anilines is 1. The van der Waals surface area contributed by atoms with Crippen LogP contribution in [0.2, 0.25) is 5.02 Å². The molecule has 0 spiro atoms. The predicted molar refractivity (Wildman–Crippen MR) is 112 cm³/mol. The summed E-state index contributed by atoms with van der Waals surface area (Å²) in [7, 11) is -1.13. The molecule has 0 unspecified atom stereocenters. The first-order valence-corrected chi connectivity index (χ1v) is 10.7. The van der Waals surface area contributed by atoms with Gasteiger partial charge in [-0.2, -0.15) is 0 Å². The van der Waals surface area contributed by atoms with Gasteiger partial charge in [-0.1, -0.05) is 23.7 Å². The van der Waals surface area contributed by atoms with Gasteiger partial charge in [-0.05, 0) is 31.2 Å². The average molecular weight is 469 g/mol. The Kier molecular flexibility index (Phi) is 6.35. The summed E-state index contributed by atoms with van der Waals surface area (Å²) in [6, 6.07) is 8.21. The van der Waals surface area contributed by atoms with Gasteiger partial charge < -0.3 is 14.5 Å². The number of carbonyl (C=O) groups excluding carboxylic acids is 2. The van der Waals surface area contributed by atoms with E-state index in [1.807, 2.05) is 0 Å². The molecule has 1 aromatic heterocycles. The fourth-order valence-corrected chi connectivity index (χ4v) is 4.17. The minimum absolute atomic E-state index is 0.00859. The Bertz CT molecular complexity index is 1290. The predicted octanol–water partition coefficient (Wildman–Crippen LogP) is 3.58. The molecule has 0 aliphatic carbocycles. The van der Waals surface area contributed by atoms with Crippen LogP contribution < -0.4 is 5.32 Å². The zero-order valence-corrected chi connectivity index (χ0v) is 18.3. The molecule has 31 heavy (non-hydrogen) atoms. The van der Waals surface area contributed by atoms with Gasteiger partial charge >= 0.3 is 5.97 Å². The molecular formula is C20H18ClFN2O6S. The van der Waals surface area contributed by atoms with E-state index in [1.54, 1.807) is 13.0 Å². The summed E-state index contributed by atoms with van der Waals surface area (Å²) in [6.07, 6.45) is 0. The third-order valence-corrected chi connectivity index (χ3v) is 6.71. The largest absolute Gasteiger partial charge is 0.450 e. The number of fused-ring (bicyclic) bond motifs is 1. The van der Waals surface area contributed by atoms with Crippen LogP contribution in [0.1, 0.15) is 16.1 Å². The van der Waals surface area contributed by atoms with Gasteiger partial charge in [0.15, 0.2) is 18.0 Å². The molecule has 8 nitrogen and oxygen atoms in total. The molecule has 3 rings (SSSR count). The number of nitrogens with one attached hydrogen (secondary N) is 1. The number of nitrogens with zero attached hydrogens (tertiary/aromatic N) is 1. The maximum absolute atomic E-state index is 13.8. The lowest BCUT2D eigenvalue weighted by Crippen LogP contribution is -2.23. The number of amides is 1. The number of carbonyl (C=O) groups is 2. The van der Waals surface area contributed by atoms with Crippen molar-refractivity contribution in [3.05, 3.63) is 58.6 Å². The van der Waals surface area contributed by atoms with Crippen LogP contribution in [0.15, 0.2) is 45.7 Å². The van der Waals surface area contributed by atoms with Gasteiger partial charge in [0.1, 0.15) is 4.90 Å². The van der Waals surface area contributed by atoms with E-state index >= 15 is 0 Å².